The van der Waals surface area contributed by atoms with Crippen LogP contribution < -0.4 is 9.62 Å². The predicted molar refractivity (Wildman–Crippen MR) is 82.2 cm³/mol. The molecule has 0 radical (unpaired) electrons. The summed E-state index contributed by atoms with van der Waals surface area (Å²) in [5.74, 6) is 0.711. The lowest BCUT2D eigenvalue weighted by molar-refractivity contribution is 0.404. The summed E-state index contributed by atoms with van der Waals surface area (Å²) < 4.78 is 28.6. The van der Waals surface area contributed by atoms with Crippen molar-refractivity contribution in [3.8, 4) is 0 Å². The van der Waals surface area contributed by atoms with Gasteiger partial charge in [-0.05, 0) is 18.9 Å². The van der Waals surface area contributed by atoms with Crippen molar-refractivity contribution in [2.24, 2.45) is 0 Å². The van der Waals surface area contributed by atoms with Gasteiger partial charge in [0.05, 0.1) is 0 Å². The standard InChI is InChI=1S/C13H23N5O2S/c1-3-18(4-2)21(19,20)16-12-6-10-17(11-7-12)13-14-8-5-9-15-13/h5,8-9,12,16H,3-4,6-7,10-11H2,1-2H3. The molecule has 0 unspecified atom stereocenters. The molecule has 0 spiro atoms. The highest BCUT2D eigenvalue weighted by atomic mass is 32.2. The van der Waals surface area contributed by atoms with Crippen LogP contribution in [0.5, 0.6) is 0 Å². The Morgan fingerprint density at radius 2 is 1.81 bits per heavy atom. The molecule has 2 heterocycles. The van der Waals surface area contributed by atoms with E-state index >= 15 is 0 Å². The van der Waals surface area contributed by atoms with E-state index in [0.717, 1.165) is 25.9 Å². The van der Waals surface area contributed by atoms with Gasteiger partial charge in [-0.1, -0.05) is 13.8 Å². The lowest BCUT2D eigenvalue weighted by Gasteiger charge is -2.33. The van der Waals surface area contributed by atoms with Gasteiger partial charge in [-0.15, -0.1) is 0 Å². The van der Waals surface area contributed by atoms with Crippen LogP contribution in [-0.4, -0.2) is 54.9 Å². The Morgan fingerprint density at radius 3 is 2.33 bits per heavy atom. The first-order valence-electron chi connectivity index (χ1n) is 7.36. The molecule has 7 nitrogen and oxygen atoms in total. The lowest BCUT2D eigenvalue weighted by Crippen LogP contribution is -2.49. The fourth-order valence-electron chi connectivity index (χ4n) is 2.50. The number of nitrogens with zero attached hydrogens (tertiary/aromatic N) is 4. The SMILES string of the molecule is CCN(CC)S(=O)(=O)NC1CCN(c2ncccn2)CC1. The molecular formula is C13H23N5O2S. The summed E-state index contributed by atoms with van der Waals surface area (Å²) in [4.78, 5) is 10.5. The molecule has 0 amide bonds. The van der Waals surface area contributed by atoms with Crippen LogP contribution in [0.15, 0.2) is 18.5 Å². The first-order chi connectivity index (χ1) is 10.1. The highest BCUT2D eigenvalue weighted by molar-refractivity contribution is 7.87. The highest BCUT2D eigenvalue weighted by Gasteiger charge is 2.27. The van der Waals surface area contributed by atoms with Crippen LogP contribution in [0, 0.1) is 0 Å². The van der Waals surface area contributed by atoms with E-state index < -0.39 is 10.2 Å². The summed E-state index contributed by atoms with van der Waals surface area (Å²) in [6.07, 6.45) is 4.96. The van der Waals surface area contributed by atoms with Gasteiger partial charge in [-0.3, -0.25) is 0 Å². The second-order valence-corrected chi connectivity index (χ2v) is 6.72. The molecule has 1 aliphatic heterocycles. The normalized spacial score (nSPS) is 17.4. The fourth-order valence-corrected chi connectivity index (χ4v) is 3.99. The molecule has 0 aromatic carbocycles. The predicted octanol–water partition coefficient (Wildman–Crippen LogP) is 0.622. The Bertz CT molecular complexity index is 525. The van der Waals surface area contributed by atoms with Crippen molar-refractivity contribution in [2.45, 2.75) is 32.7 Å². The Labute approximate surface area is 126 Å². The molecule has 0 saturated carbocycles. The largest absolute Gasteiger partial charge is 0.341 e. The van der Waals surface area contributed by atoms with Gasteiger partial charge < -0.3 is 4.90 Å². The minimum atomic E-state index is -3.37. The quantitative estimate of drug-likeness (QED) is 0.833. The van der Waals surface area contributed by atoms with Crippen LogP contribution in [0.1, 0.15) is 26.7 Å². The van der Waals surface area contributed by atoms with Crippen molar-refractivity contribution in [1.82, 2.24) is 19.0 Å². The maximum atomic E-state index is 12.2. The van der Waals surface area contributed by atoms with Crippen molar-refractivity contribution < 1.29 is 8.42 Å². The molecule has 1 aromatic heterocycles. The van der Waals surface area contributed by atoms with Crippen molar-refractivity contribution in [3.63, 3.8) is 0 Å². The average molecular weight is 313 g/mol. The Kier molecular flexibility index (Phi) is 5.49. The fraction of sp³-hybridized carbons (Fsp3) is 0.692. The van der Waals surface area contributed by atoms with Crippen LogP contribution in [0.4, 0.5) is 5.95 Å². The Hall–Kier alpha value is -1.25. The minimum Gasteiger partial charge on any atom is -0.341 e. The van der Waals surface area contributed by atoms with Crippen molar-refractivity contribution in [1.29, 1.82) is 0 Å². The van der Waals surface area contributed by atoms with Gasteiger partial charge in [-0.25, -0.2) is 9.97 Å². The number of anilines is 1. The molecule has 1 N–H and O–H groups in total. The second-order valence-electron chi connectivity index (χ2n) is 5.02. The van der Waals surface area contributed by atoms with E-state index in [-0.39, 0.29) is 6.04 Å². The first kappa shape index (κ1) is 16.1. The molecule has 2 rings (SSSR count). The van der Waals surface area contributed by atoms with Crippen LogP contribution in [0.3, 0.4) is 0 Å². The third-order valence-electron chi connectivity index (χ3n) is 3.69. The van der Waals surface area contributed by atoms with E-state index in [1.54, 1.807) is 18.5 Å². The van der Waals surface area contributed by atoms with Crippen LogP contribution in [0.2, 0.25) is 0 Å². The van der Waals surface area contributed by atoms with Crippen molar-refractivity contribution >= 4 is 16.2 Å². The third kappa shape index (κ3) is 4.12. The van der Waals surface area contributed by atoms with Gasteiger partial charge in [0.25, 0.3) is 10.2 Å². The number of aromatic nitrogens is 2. The number of piperidine rings is 1. The smallest absolute Gasteiger partial charge is 0.279 e. The molecule has 8 heteroatoms. The average Bonchev–Trinajstić information content (AvgIpc) is 2.49. The van der Waals surface area contributed by atoms with E-state index in [2.05, 4.69) is 19.6 Å². The van der Waals surface area contributed by atoms with E-state index in [9.17, 15) is 8.42 Å². The summed E-state index contributed by atoms with van der Waals surface area (Å²) in [5.41, 5.74) is 0. The third-order valence-corrected chi connectivity index (χ3v) is 5.52. The van der Waals surface area contributed by atoms with Gasteiger partial charge in [-0.2, -0.15) is 17.4 Å². The van der Waals surface area contributed by atoms with Crippen LogP contribution in [-0.2, 0) is 10.2 Å². The zero-order valence-corrected chi connectivity index (χ0v) is 13.4. The lowest BCUT2D eigenvalue weighted by atomic mass is 10.1. The van der Waals surface area contributed by atoms with Gasteiger partial charge in [0.1, 0.15) is 0 Å². The molecule has 118 valence electrons. The maximum absolute atomic E-state index is 12.2. The van der Waals surface area contributed by atoms with Gasteiger partial charge in [0, 0.05) is 44.6 Å². The van der Waals surface area contributed by atoms with Crippen LogP contribution in [0.25, 0.3) is 0 Å². The number of nitrogens with one attached hydrogen (secondary N) is 1. The molecular weight excluding hydrogens is 290 g/mol. The zero-order valence-electron chi connectivity index (χ0n) is 12.6. The second kappa shape index (κ2) is 7.15. The van der Waals surface area contributed by atoms with E-state index in [1.807, 2.05) is 13.8 Å². The summed E-state index contributed by atoms with van der Waals surface area (Å²) >= 11 is 0. The van der Waals surface area contributed by atoms with Gasteiger partial charge in [0.15, 0.2) is 0 Å². The summed E-state index contributed by atoms with van der Waals surface area (Å²) in [6.45, 7) is 6.19. The molecule has 1 saturated heterocycles. The molecule has 1 aromatic rings. The maximum Gasteiger partial charge on any atom is 0.279 e. The number of hydrogen-bond donors (Lipinski definition) is 1. The summed E-state index contributed by atoms with van der Waals surface area (Å²) in [6, 6.07) is 1.77. The Morgan fingerprint density at radius 1 is 1.24 bits per heavy atom. The molecule has 0 atom stereocenters. The zero-order chi connectivity index (χ0) is 15.3. The molecule has 0 bridgehead atoms. The van der Waals surface area contributed by atoms with Crippen molar-refractivity contribution in [3.05, 3.63) is 18.5 Å². The highest BCUT2D eigenvalue weighted by Crippen LogP contribution is 2.16. The van der Waals surface area contributed by atoms with E-state index in [4.69, 9.17) is 0 Å². The first-order valence-corrected chi connectivity index (χ1v) is 8.80. The number of rotatable bonds is 6. The monoisotopic (exact) mass is 313 g/mol. The van der Waals surface area contributed by atoms with Crippen molar-refractivity contribution in [2.75, 3.05) is 31.1 Å². The Balaban J connectivity index is 1.90. The van der Waals surface area contributed by atoms with Crippen LogP contribution >= 0.6 is 0 Å². The van der Waals surface area contributed by atoms with Gasteiger partial charge in [0.2, 0.25) is 5.95 Å². The van der Waals surface area contributed by atoms with E-state index in [1.165, 1.54) is 4.31 Å². The molecule has 1 fully saturated rings. The summed E-state index contributed by atoms with van der Waals surface area (Å²) in [7, 11) is -3.37. The van der Waals surface area contributed by atoms with E-state index in [0.29, 0.717) is 19.0 Å². The van der Waals surface area contributed by atoms with Gasteiger partial charge >= 0.3 is 0 Å². The number of hydrogen-bond acceptors (Lipinski definition) is 5. The molecule has 1 aliphatic rings. The topological polar surface area (TPSA) is 78.4 Å². The minimum absolute atomic E-state index is 0.0180. The summed E-state index contributed by atoms with van der Waals surface area (Å²) in [5, 5.41) is 0. The molecule has 0 aliphatic carbocycles. The molecule has 21 heavy (non-hydrogen) atoms.